The summed E-state index contributed by atoms with van der Waals surface area (Å²) < 4.78 is 28.6. The molecule has 0 unspecified atom stereocenters. The monoisotopic (exact) mass is 378 g/mol. The predicted molar refractivity (Wildman–Crippen MR) is 96.9 cm³/mol. The third-order valence-corrected chi connectivity index (χ3v) is 7.30. The minimum absolute atomic E-state index is 0.140. The van der Waals surface area contributed by atoms with Crippen LogP contribution in [0.4, 0.5) is 0 Å². The first-order chi connectivity index (χ1) is 12.4. The average Bonchev–Trinajstić information content (AvgIpc) is 3.06. The lowest BCUT2D eigenvalue weighted by molar-refractivity contribution is 0.0894. The van der Waals surface area contributed by atoms with E-state index in [0.29, 0.717) is 25.9 Å². The summed E-state index contributed by atoms with van der Waals surface area (Å²) in [6, 6.07) is 3.68. The minimum atomic E-state index is -3.58. The number of carbonyl (C=O) groups is 1. The molecule has 0 aromatic carbocycles. The summed E-state index contributed by atoms with van der Waals surface area (Å²) in [6.07, 6.45) is 8.43. The highest BCUT2D eigenvalue weighted by molar-refractivity contribution is 7.89. The zero-order valence-corrected chi connectivity index (χ0v) is 16.0. The first kappa shape index (κ1) is 18.9. The van der Waals surface area contributed by atoms with Crippen LogP contribution >= 0.6 is 0 Å². The van der Waals surface area contributed by atoms with Crippen molar-refractivity contribution in [3.63, 3.8) is 0 Å². The Morgan fingerprint density at radius 3 is 2.38 bits per heavy atom. The molecule has 2 fully saturated rings. The average molecular weight is 378 g/mol. The Morgan fingerprint density at radius 1 is 1.15 bits per heavy atom. The van der Waals surface area contributed by atoms with Crippen molar-refractivity contribution < 1.29 is 13.2 Å². The highest BCUT2D eigenvalue weighted by atomic mass is 32.2. The fourth-order valence-electron chi connectivity index (χ4n) is 3.86. The highest BCUT2D eigenvalue weighted by Crippen LogP contribution is 2.28. The third kappa shape index (κ3) is 3.64. The van der Waals surface area contributed by atoms with Crippen molar-refractivity contribution in [2.24, 2.45) is 7.05 Å². The fourth-order valence-corrected chi connectivity index (χ4v) is 5.45. The predicted octanol–water partition coefficient (Wildman–Crippen LogP) is 2.16. The number of rotatable bonds is 4. The van der Waals surface area contributed by atoms with Crippen LogP contribution in [0.15, 0.2) is 17.2 Å². The van der Waals surface area contributed by atoms with Crippen LogP contribution in [0.3, 0.4) is 0 Å². The molecule has 26 heavy (non-hydrogen) atoms. The third-order valence-electron chi connectivity index (χ3n) is 5.44. The number of aromatic nitrogens is 1. The molecule has 0 radical (unpaired) electrons. The van der Waals surface area contributed by atoms with Gasteiger partial charge in [0.25, 0.3) is 5.91 Å². The Kier molecular flexibility index (Phi) is 5.39. The van der Waals surface area contributed by atoms with Crippen LogP contribution in [-0.4, -0.2) is 41.8 Å². The summed E-state index contributed by atoms with van der Waals surface area (Å²) >= 11 is 0. The molecule has 1 aromatic heterocycles. The Bertz CT molecular complexity index is 810. The number of carbonyl (C=O) groups excluding carboxylic acids is 1. The maximum absolute atomic E-state index is 12.8. The van der Waals surface area contributed by atoms with Crippen LogP contribution in [0.2, 0.25) is 0 Å². The number of hydrogen-bond donors (Lipinski definition) is 1. The van der Waals surface area contributed by atoms with Gasteiger partial charge in [0.2, 0.25) is 10.0 Å². The molecule has 0 spiro atoms. The molecule has 0 bridgehead atoms. The van der Waals surface area contributed by atoms with Crippen molar-refractivity contribution in [3.05, 3.63) is 18.0 Å². The van der Waals surface area contributed by atoms with Crippen molar-refractivity contribution in [2.75, 3.05) is 13.1 Å². The van der Waals surface area contributed by atoms with Crippen molar-refractivity contribution in [3.8, 4) is 6.07 Å². The van der Waals surface area contributed by atoms with E-state index < -0.39 is 21.5 Å². The van der Waals surface area contributed by atoms with Gasteiger partial charge in [0.15, 0.2) is 0 Å². The van der Waals surface area contributed by atoms with Crippen LogP contribution in [0, 0.1) is 11.3 Å². The number of aryl methyl sites for hydroxylation is 1. The van der Waals surface area contributed by atoms with Gasteiger partial charge in [-0.25, -0.2) is 8.42 Å². The van der Waals surface area contributed by atoms with E-state index in [4.69, 9.17) is 0 Å². The second-order valence-electron chi connectivity index (χ2n) is 7.35. The number of amides is 1. The summed E-state index contributed by atoms with van der Waals surface area (Å²) in [4.78, 5) is 12.9. The molecule has 2 heterocycles. The molecule has 1 aliphatic carbocycles. The van der Waals surface area contributed by atoms with Gasteiger partial charge < -0.3 is 9.88 Å². The number of nitrogens with zero attached hydrogens (tertiary/aromatic N) is 3. The van der Waals surface area contributed by atoms with Crippen LogP contribution < -0.4 is 5.32 Å². The maximum Gasteiger partial charge on any atom is 0.269 e. The largest absolute Gasteiger partial charge is 0.345 e. The van der Waals surface area contributed by atoms with E-state index in [0.717, 1.165) is 38.5 Å². The molecule has 1 aliphatic heterocycles. The summed E-state index contributed by atoms with van der Waals surface area (Å²) in [5.41, 5.74) is -0.577. The van der Waals surface area contributed by atoms with Gasteiger partial charge in [0, 0.05) is 26.3 Å². The number of nitriles is 1. The quantitative estimate of drug-likeness (QED) is 0.868. The van der Waals surface area contributed by atoms with Crippen LogP contribution in [0.25, 0.3) is 0 Å². The molecule has 8 heteroatoms. The Labute approximate surface area is 155 Å². The maximum atomic E-state index is 12.8. The molecule has 3 rings (SSSR count). The smallest absolute Gasteiger partial charge is 0.269 e. The van der Waals surface area contributed by atoms with E-state index in [9.17, 15) is 18.5 Å². The van der Waals surface area contributed by atoms with E-state index in [1.54, 1.807) is 7.05 Å². The molecule has 1 N–H and O–H groups in total. The van der Waals surface area contributed by atoms with Gasteiger partial charge in [-0.3, -0.25) is 4.79 Å². The molecule has 142 valence electrons. The number of sulfonamides is 1. The molecule has 1 saturated heterocycles. The zero-order chi connectivity index (χ0) is 18.8. The molecule has 7 nitrogen and oxygen atoms in total. The molecule has 0 atom stereocenters. The number of nitrogens with one attached hydrogen (secondary N) is 1. The second kappa shape index (κ2) is 7.41. The van der Waals surface area contributed by atoms with Crippen molar-refractivity contribution in [1.82, 2.24) is 14.2 Å². The lowest BCUT2D eigenvalue weighted by Crippen LogP contribution is -2.49. The van der Waals surface area contributed by atoms with Gasteiger partial charge >= 0.3 is 0 Å². The van der Waals surface area contributed by atoms with Gasteiger partial charge in [-0.2, -0.15) is 9.57 Å². The van der Waals surface area contributed by atoms with Crippen LogP contribution in [0.5, 0.6) is 0 Å². The molecule has 1 saturated carbocycles. The van der Waals surface area contributed by atoms with E-state index >= 15 is 0 Å². The van der Waals surface area contributed by atoms with Gasteiger partial charge in [0.1, 0.15) is 16.1 Å². The first-order valence-electron chi connectivity index (χ1n) is 9.28. The van der Waals surface area contributed by atoms with Gasteiger partial charge in [-0.15, -0.1) is 0 Å². The summed E-state index contributed by atoms with van der Waals surface area (Å²) in [6.45, 7) is 1.05. The molecular formula is C18H26N4O3S. The van der Waals surface area contributed by atoms with E-state index in [2.05, 4.69) is 11.4 Å². The lowest BCUT2D eigenvalue weighted by Gasteiger charge is -2.31. The van der Waals surface area contributed by atoms with E-state index in [-0.39, 0.29) is 10.6 Å². The minimum Gasteiger partial charge on any atom is -0.345 e. The van der Waals surface area contributed by atoms with Gasteiger partial charge in [0.05, 0.1) is 6.07 Å². The standard InChI is InChI=1S/C18H26N4O3S/c1-21-13-15(26(24,25)22-10-6-3-7-11-22)12-16(21)17(23)20-18(14-19)8-4-2-5-9-18/h12-13H,2-11H2,1H3,(H,20,23). The lowest BCUT2D eigenvalue weighted by atomic mass is 9.83. The first-order valence-corrected chi connectivity index (χ1v) is 10.7. The molecule has 1 aromatic rings. The van der Waals surface area contributed by atoms with Crippen LogP contribution in [-0.2, 0) is 17.1 Å². The van der Waals surface area contributed by atoms with E-state index in [1.165, 1.54) is 21.1 Å². The fraction of sp³-hybridized carbons (Fsp3) is 0.667. The summed E-state index contributed by atoms with van der Waals surface area (Å²) in [5, 5.41) is 12.4. The van der Waals surface area contributed by atoms with Crippen molar-refractivity contribution in [2.45, 2.75) is 61.8 Å². The van der Waals surface area contributed by atoms with E-state index in [1.807, 2.05) is 0 Å². The molecule has 2 aliphatic rings. The number of piperidine rings is 1. The van der Waals surface area contributed by atoms with Gasteiger partial charge in [-0.05, 0) is 31.7 Å². The summed E-state index contributed by atoms with van der Waals surface area (Å²) in [7, 11) is -1.93. The van der Waals surface area contributed by atoms with Crippen molar-refractivity contribution in [1.29, 1.82) is 5.26 Å². The molecular weight excluding hydrogens is 352 g/mol. The summed E-state index contributed by atoms with van der Waals surface area (Å²) in [5.74, 6) is -0.393. The normalized spacial score (nSPS) is 21.1. The topological polar surface area (TPSA) is 95.2 Å². The molecule has 1 amide bonds. The Balaban J connectivity index is 1.81. The second-order valence-corrected chi connectivity index (χ2v) is 9.28. The van der Waals surface area contributed by atoms with Crippen LogP contribution in [0.1, 0.15) is 61.9 Å². The Morgan fingerprint density at radius 2 is 1.77 bits per heavy atom. The van der Waals surface area contributed by atoms with Crippen molar-refractivity contribution >= 4 is 15.9 Å². The Hall–Kier alpha value is -1.85. The number of hydrogen-bond acceptors (Lipinski definition) is 4. The van der Waals surface area contributed by atoms with Gasteiger partial charge in [-0.1, -0.05) is 25.7 Å². The highest BCUT2D eigenvalue weighted by Gasteiger charge is 2.35. The zero-order valence-electron chi connectivity index (χ0n) is 15.2. The SMILES string of the molecule is Cn1cc(S(=O)(=O)N2CCCCC2)cc1C(=O)NC1(C#N)CCCCC1.